The lowest BCUT2D eigenvalue weighted by molar-refractivity contribution is 0.313. The molecule has 2 unspecified atom stereocenters. The SMILES string of the molecule is CCn1ccnc1CC1(C)CCC(NC)C1. The Morgan fingerprint density at radius 1 is 1.62 bits per heavy atom. The minimum absolute atomic E-state index is 0.436. The lowest BCUT2D eigenvalue weighted by atomic mass is 9.84. The van der Waals surface area contributed by atoms with Crippen molar-refractivity contribution in [2.45, 2.75) is 52.1 Å². The molecule has 0 spiro atoms. The first-order valence-electron chi connectivity index (χ1n) is 6.34. The molecule has 0 radical (unpaired) electrons. The zero-order valence-electron chi connectivity index (χ0n) is 10.7. The minimum Gasteiger partial charge on any atom is -0.335 e. The third-order valence-corrected chi connectivity index (χ3v) is 3.97. The van der Waals surface area contributed by atoms with Crippen LogP contribution in [0.1, 0.15) is 38.9 Å². The second-order valence-corrected chi connectivity index (χ2v) is 5.35. The van der Waals surface area contributed by atoms with Crippen molar-refractivity contribution in [1.82, 2.24) is 14.9 Å². The van der Waals surface area contributed by atoms with Gasteiger partial charge in [-0.15, -0.1) is 0 Å². The fourth-order valence-corrected chi connectivity index (χ4v) is 2.91. The Kier molecular flexibility index (Phi) is 3.33. The van der Waals surface area contributed by atoms with Crippen LogP contribution in [0.3, 0.4) is 0 Å². The van der Waals surface area contributed by atoms with E-state index in [1.165, 1.54) is 25.1 Å². The van der Waals surface area contributed by atoms with Crippen molar-refractivity contribution < 1.29 is 0 Å². The molecular formula is C13H23N3. The summed E-state index contributed by atoms with van der Waals surface area (Å²) in [6.07, 6.45) is 9.02. The Hall–Kier alpha value is -0.830. The highest BCUT2D eigenvalue weighted by Crippen LogP contribution is 2.40. The second-order valence-electron chi connectivity index (χ2n) is 5.35. The number of rotatable bonds is 4. The van der Waals surface area contributed by atoms with Crippen molar-refractivity contribution in [2.24, 2.45) is 5.41 Å². The molecule has 1 fully saturated rings. The van der Waals surface area contributed by atoms with Crippen molar-refractivity contribution in [2.75, 3.05) is 7.05 Å². The van der Waals surface area contributed by atoms with E-state index in [1.807, 2.05) is 6.20 Å². The van der Waals surface area contributed by atoms with E-state index in [0.29, 0.717) is 11.5 Å². The van der Waals surface area contributed by atoms with Gasteiger partial charge in [0.25, 0.3) is 0 Å². The first-order valence-corrected chi connectivity index (χ1v) is 6.34. The number of aryl methyl sites for hydroxylation is 1. The molecule has 1 heterocycles. The van der Waals surface area contributed by atoms with Gasteiger partial charge in [-0.25, -0.2) is 4.98 Å². The monoisotopic (exact) mass is 221 g/mol. The molecule has 0 saturated heterocycles. The standard InChI is InChI=1S/C13H23N3/c1-4-16-8-7-15-12(16)10-13(2)6-5-11(9-13)14-3/h7-8,11,14H,4-6,9-10H2,1-3H3. The molecule has 90 valence electrons. The zero-order valence-corrected chi connectivity index (χ0v) is 10.7. The molecule has 1 N–H and O–H groups in total. The number of nitrogens with one attached hydrogen (secondary N) is 1. The van der Waals surface area contributed by atoms with Gasteiger partial charge < -0.3 is 9.88 Å². The molecular weight excluding hydrogens is 198 g/mol. The van der Waals surface area contributed by atoms with E-state index in [0.717, 1.165) is 13.0 Å². The Morgan fingerprint density at radius 3 is 3.06 bits per heavy atom. The maximum Gasteiger partial charge on any atom is 0.109 e. The van der Waals surface area contributed by atoms with Gasteiger partial charge in [-0.1, -0.05) is 6.92 Å². The van der Waals surface area contributed by atoms with Gasteiger partial charge in [-0.3, -0.25) is 0 Å². The van der Waals surface area contributed by atoms with Crippen molar-refractivity contribution >= 4 is 0 Å². The normalized spacial score (nSPS) is 29.8. The number of hydrogen-bond acceptors (Lipinski definition) is 2. The van der Waals surface area contributed by atoms with Gasteiger partial charge in [0, 0.05) is 31.4 Å². The molecule has 0 aromatic carbocycles. The van der Waals surface area contributed by atoms with Crippen LogP contribution in [0.15, 0.2) is 12.4 Å². The van der Waals surface area contributed by atoms with Gasteiger partial charge in [-0.05, 0) is 38.6 Å². The summed E-state index contributed by atoms with van der Waals surface area (Å²) >= 11 is 0. The number of hydrogen-bond donors (Lipinski definition) is 1. The topological polar surface area (TPSA) is 29.9 Å². The third-order valence-electron chi connectivity index (χ3n) is 3.97. The predicted molar refractivity (Wildman–Crippen MR) is 66.4 cm³/mol. The Morgan fingerprint density at radius 2 is 2.44 bits per heavy atom. The Balaban J connectivity index is 2.04. The van der Waals surface area contributed by atoms with Gasteiger partial charge >= 0.3 is 0 Å². The molecule has 16 heavy (non-hydrogen) atoms. The summed E-state index contributed by atoms with van der Waals surface area (Å²) in [6.45, 7) is 5.61. The van der Waals surface area contributed by atoms with E-state index in [1.54, 1.807) is 0 Å². The van der Waals surface area contributed by atoms with Crippen LogP contribution in [-0.2, 0) is 13.0 Å². The van der Waals surface area contributed by atoms with E-state index in [2.05, 4.69) is 42.0 Å². The summed E-state index contributed by atoms with van der Waals surface area (Å²) in [4.78, 5) is 4.49. The van der Waals surface area contributed by atoms with E-state index in [9.17, 15) is 0 Å². The van der Waals surface area contributed by atoms with Crippen LogP contribution in [0.4, 0.5) is 0 Å². The van der Waals surface area contributed by atoms with Crippen LogP contribution in [0.2, 0.25) is 0 Å². The van der Waals surface area contributed by atoms with Crippen LogP contribution >= 0.6 is 0 Å². The summed E-state index contributed by atoms with van der Waals surface area (Å²) in [7, 11) is 2.07. The molecule has 2 atom stereocenters. The highest BCUT2D eigenvalue weighted by Gasteiger charge is 2.35. The van der Waals surface area contributed by atoms with Crippen LogP contribution in [0, 0.1) is 5.41 Å². The first kappa shape index (κ1) is 11.6. The minimum atomic E-state index is 0.436. The van der Waals surface area contributed by atoms with Crippen molar-refractivity contribution in [3.63, 3.8) is 0 Å². The van der Waals surface area contributed by atoms with Crippen molar-refractivity contribution in [1.29, 1.82) is 0 Å². The van der Waals surface area contributed by atoms with E-state index < -0.39 is 0 Å². The van der Waals surface area contributed by atoms with Gasteiger partial charge in [-0.2, -0.15) is 0 Å². The van der Waals surface area contributed by atoms with Crippen molar-refractivity contribution in [3.05, 3.63) is 18.2 Å². The quantitative estimate of drug-likeness (QED) is 0.845. The average molecular weight is 221 g/mol. The lowest BCUT2D eigenvalue weighted by Crippen LogP contribution is -2.25. The Labute approximate surface area is 98.3 Å². The summed E-state index contributed by atoms with van der Waals surface area (Å²) in [6, 6.07) is 0.704. The fraction of sp³-hybridized carbons (Fsp3) is 0.769. The lowest BCUT2D eigenvalue weighted by Gasteiger charge is -2.24. The van der Waals surface area contributed by atoms with Gasteiger partial charge in [0.1, 0.15) is 5.82 Å². The molecule has 2 rings (SSSR count). The molecule has 1 aliphatic carbocycles. The number of imidazole rings is 1. The van der Waals surface area contributed by atoms with E-state index >= 15 is 0 Å². The van der Waals surface area contributed by atoms with Crippen LogP contribution in [0.25, 0.3) is 0 Å². The van der Waals surface area contributed by atoms with Gasteiger partial charge in [0.15, 0.2) is 0 Å². The summed E-state index contributed by atoms with van der Waals surface area (Å²) < 4.78 is 2.26. The molecule has 0 aliphatic heterocycles. The highest BCUT2D eigenvalue weighted by molar-refractivity contribution is 5.00. The zero-order chi connectivity index (χ0) is 11.6. The predicted octanol–water partition coefficient (Wildman–Crippen LogP) is 2.22. The van der Waals surface area contributed by atoms with Crippen molar-refractivity contribution in [3.8, 4) is 0 Å². The molecule has 0 bridgehead atoms. The first-order chi connectivity index (χ1) is 7.67. The molecule has 1 aromatic heterocycles. The summed E-state index contributed by atoms with van der Waals surface area (Å²) in [5, 5.41) is 3.40. The van der Waals surface area contributed by atoms with Crippen LogP contribution in [0.5, 0.6) is 0 Å². The van der Waals surface area contributed by atoms with E-state index in [-0.39, 0.29) is 0 Å². The van der Waals surface area contributed by atoms with Crippen LogP contribution < -0.4 is 5.32 Å². The maximum absolute atomic E-state index is 4.49. The average Bonchev–Trinajstić information content (AvgIpc) is 2.85. The molecule has 3 nitrogen and oxygen atoms in total. The molecule has 0 amide bonds. The largest absolute Gasteiger partial charge is 0.335 e. The summed E-state index contributed by atoms with van der Waals surface area (Å²) in [5.74, 6) is 1.25. The molecule has 1 aliphatic rings. The molecule has 1 saturated carbocycles. The van der Waals surface area contributed by atoms with Gasteiger partial charge in [0.2, 0.25) is 0 Å². The van der Waals surface area contributed by atoms with Crippen LogP contribution in [-0.4, -0.2) is 22.6 Å². The Bertz CT molecular complexity index is 345. The summed E-state index contributed by atoms with van der Waals surface area (Å²) in [5.41, 5.74) is 0.436. The smallest absolute Gasteiger partial charge is 0.109 e. The van der Waals surface area contributed by atoms with Gasteiger partial charge in [0.05, 0.1) is 0 Å². The second kappa shape index (κ2) is 4.58. The fourth-order valence-electron chi connectivity index (χ4n) is 2.91. The molecule has 1 aromatic rings. The maximum atomic E-state index is 4.49. The van der Waals surface area contributed by atoms with E-state index in [4.69, 9.17) is 0 Å². The third kappa shape index (κ3) is 2.29. The highest BCUT2D eigenvalue weighted by atomic mass is 15.1. The number of nitrogens with zero attached hydrogens (tertiary/aromatic N) is 2. The number of aromatic nitrogens is 2. The molecule has 3 heteroatoms.